The summed E-state index contributed by atoms with van der Waals surface area (Å²) in [5.41, 5.74) is 0.983. The Kier molecular flexibility index (Phi) is 3.11. The summed E-state index contributed by atoms with van der Waals surface area (Å²) in [7, 11) is 1.78. The highest BCUT2D eigenvalue weighted by Gasteiger charge is 2.24. The highest BCUT2D eigenvalue weighted by Crippen LogP contribution is 2.26. The molecular formula is C14H17N3O. The average Bonchev–Trinajstić information content (AvgIpc) is 2.87. The molecule has 0 spiro atoms. The van der Waals surface area contributed by atoms with Gasteiger partial charge < -0.3 is 10.1 Å². The van der Waals surface area contributed by atoms with Crippen molar-refractivity contribution in [1.82, 2.24) is 9.97 Å². The van der Waals surface area contributed by atoms with Crippen molar-refractivity contribution >= 4 is 16.7 Å². The molecule has 2 unspecified atom stereocenters. The summed E-state index contributed by atoms with van der Waals surface area (Å²) in [5.74, 6) is 0.933. The lowest BCUT2D eigenvalue weighted by atomic mass is 10.2. The Morgan fingerprint density at radius 1 is 1.22 bits per heavy atom. The largest absolute Gasteiger partial charge is 0.381 e. The topological polar surface area (TPSA) is 47.0 Å². The third-order valence-corrected chi connectivity index (χ3v) is 3.60. The zero-order valence-electron chi connectivity index (χ0n) is 10.5. The van der Waals surface area contributed by atoms with Crippen molar-refractivity contribution in [3.8, 4) is 0 Å². The van der Waals surface area contributed by atoms with Crippen LogP contribution in [0, 0.1) is 0 Å². The van der Waals surface area contributed by atoms with E-state index in [1.54, 1.807) is 13.4 Å². The van der Waals surface area contributed by atoms with E-state index >= 15 is 0 Å². The lowest BCUT2D eigenvalue weighted by Gasteiger charge is -2.14. The number of nitrogens with one attached hydrogen (secondary N) is 1. The van der Waals surface area contributed by atoms with Crippen molar-refractivity contribution in [1.29, 1.82) is 0 Å². The minimum atomic E-state index is 0.385. The van der Waals surface area contributed by atoms with E-state index < -0.39 is 0 Å². The molecule has 1 heterocycles. The van der Waals surface area contributed by atoms with Gasteiger partial charge in [0, 0.05) is 18.5 Å². The molecule has 1 fully saturated rings. The Morgan fingerprint density at radius 2 is 2.11 bits per heavy atom. The summed E-state index contributed by atoms with van der Waals surface area (Å²) in [6.07, 6.45) is 5.31. The van der Waals surface area contributed by atoms with Crippen LogP contribution in [-0.2, 0) is 4.74 Å². The molecule has 1 aromatic carbocycles. The second-order valence-corrected chi connectivity index (χ2v) is 4.75. The molecule has 1 saturated carbocycles. The minimum Gasteiger partial charge on any atom is -0.381 e. The van der Waals surface area contributed by atoms with E-state index in [1.165, 1.54) is 0 Å². The fourth-order valence-electron chi connectivity index (χ4n) is 2.60. The number of ether oxygens (including phenoxy) is 1. The SMILES string of the molecule is COC1CCC(Nc2ncnc3ccccc23)C1. The number of hydrogen-bond donors (Lipinski definition) is 1. The highest BCUT2D eigenvalue weighted by atomic mass is 16.5. The Labute approximate surface area is 106 Å². The van der Waals surface area contributed by atoms with Crippen LogP contribution in [0.2, 0.25) is 0 Å². The van der Waals surface area contributed by atoms with Gasteiger partial charge in [-0.15, -0.1) is 0 Å². The van der Waals surface area contributed by atoms with Crippen LogP contribution in [0.1, 0.15) is 19.3 Å². The monoisotopic (exact) mass is 243 g/mol. The summed E-state index contributed by atoms with van der Waals surface area (Å²) < 4.78 is 5.39. The summed E-state index contributed by atoms with van der Waals surface area (Å²) in [4.78, 5) is 8.63. The number of para-hydroxylation sites is 1. The van der Waals surface area contributed by atoms with Crippen LogP contribution < -0.4 is 5.32 Å². The molecule has 1 aliphatic carbocycles. The molecular weight excluding hydrogens is 226 g/mol. The van der Waals surface area contributed by atoms with Crippen molar-refractivity contribution in [3.63, 3.8) is 0 Å². The second kappa shape index (κ2) is 4.90. The lowest BCUT2D eigenvalue weighted by Crippen LogP contribution is -2.18. The fraction of sp³-hybridized carbons (Fsp3) is 0.429. The average molecular weight is 243 g/mol. The normalized spacial score (nSPS) is 23.4. The molecule has 2 aromatic rings. The van der Waals surface area contributed by atoms with E-state index in [9.17, 15) is 0 Å². The molecule has 0 saturated heterocycles. The quantitative estimate of drug-likeness (QED) is 0.900. The number of rotatable bonds is 3. The Balaban J connectivity index is 1.83. The van der Waals surface area contributed by atoms with Gasteiger partial charge in [-0.3, -0.25) is 0 Å². The first-order chi connectivity index (χ1) is 8.86. The van der Waals surface area contributed by atoms with E-state index in [0.717, 1.165) is 36.0 Å². The fourth-order valence-corrected chi connectivity index (χ4v) is 2.60. The molecule has 1 aliphatic rings. The van der Waals surface area contributed by atoms with Crippen LogP contribution in [0.25, 0.3) is 10.9 Å². The number of aromatic nitrogens is 2. The van der Waals surface area contributed by atoms with E-state index in [-0.39, 0.29) is 0 Å². The summed E-state index contributed by atoms with van der Waals surface area (Å²) in [6.45, 7) is 0. The zero-order chi connectivity index (χ0) is 12.4. The lowest BCUT2D eigenvalue weighted by molar-refractivity contribution is 0.108. The summed E-state index contributed by atoms with van der Waals surface area (Å²) >= 11 is 0. The molecule has 18 heavy (non-hydrogen) atoms. The first-order valence-electron chi connectivity index (χ1n) is 6.36. The summed E-state index contributed by atoms with van der Waals surface area (Å²) in [5, 5.41) is 4.60. The Morgan fingerprint density at radius 3 is 2.94 bits per heavy atom. The Hall–Kier alpha value is -1.68. The van der Waals surface area contributed by atoms with E-state index in [1.807, 2.05) is 18.2 Å². The van der Waals surface area contributed by atoms with Crippen molar-refractivity contribution in [3.05, 3.63) is 30.6 Å². The van der Waals surface area contributed by atoms with Gasteiger partial charge in [-0.05, 0) is 31.4 Å². The second-order valence-electron chi connectivity index (χ2n) is 4.75. The number of anilines is 1. The molecule has 94 valence electrons. The van der Waals surface area contributed by atoms with E-state index in [2.05, 4.69) is 21.4 Å². The number of methoxy groups -OCH3 is 1. The maximum atomic E-state index is 5.39. The van der Waals surface area contributed by atoms with Crippen LogP contribution >= 0.6 is 0 Å². The first kappa shape index (κ1) is 11.4. The zero-order valence-corrected chi connectivity index (χ0v) is 10.5. The molecule has 0 amide bonds. The maximum Gasteiger partial charge on any atom is 0.137 e. The van der Waals surface area contributed by atoms with Crippen molar-refractivity contribution in [2.24, 2.45) is 0 Å². The summed E-state index contributed by atoms with van der Waals surface area (Å²) in [6, 6.07) is 8.53. The van der Waals surface area contributed by atoms with E-state index in [4.69, 9.17) is 4.74 Å². The third kappa shape index (κ3) is 2.16. The maximum absolute atomic E-state index is 5.39. The van der Waals surface area contributed by atoms with Crippen LogP contribution in [0.5, 0.6) is 0 Å². The van der Waals surface area contributed by atoms with Gasteiger partial charge in [0.2, 0.25) is 0 Å². The van der Waals surface area contributed by atoms with Crippen LogP contribution in [0.4, 0.5) is 5.82 Å². The van der Waals surface area contributed by atoms with Gasteiger partial charge >= 0.3 is 0 Å². The standard InChI is InChI=1S/C14H17N3O/c1-18-11-7-6-10(8-11)17-14-12-4-2-3-5-13(12)15-9-16-14/h2-5,9-11H,6-8H2,1H3,(H,15,16,17). The van der Waals surface area contributed by atoms with Gasteiger partial charge in [0.1, 0.15) is 12.1 Å². The smallest absolute Gasteiger partial charge is 0.137 e. The predicted molar refractivity (Wildman–Crippen MR) is 71.6 cm³/mol. The van der Waals surface area contributed by atoms with Crippen molar-refractivity contribution in [2.45, 2.75) is 31.4 Å². The molecule has 0 aliphatic heterocycles. The molecule has 1 N–H and O–H groups in total. The Bertz CT molecular complexity index is 538. The minimum absolute atomic E-state index is 0.385. The molecule has 3 rings (SSSR count). The van der Waals surface area contributed by atoms with Crippen molar-refractivity contribution < 1.29 is 4.74 Å². The van der Waals surface area contributed by atoms with Gasteiger partial charge in [-0.25, -0.2) is 9.97 Å². The number of hydrogen-bond acceptors (Lipinski definition) is 4. The van der Waals surface area contributed by atoms with Crippen LogP contribution in [-0.4, -0.2) is 29.2 Å². The number of benzene rings is 1. The van der Waals surface area contributed by atoms with Gasteiger partial charge in [-0.1, -0.05) is 12.1 Å². The molecule has 0 bridgehead atoms. The molecule has 1 aromatic heterocycles. The number of nitrogens with zero attached hydrogens (tertiary/aromatic N) is 2. The molecule has 0 radical (unpaired) electrons. The van der Waals surface area contributed by atoms with Gasteiger partial charge in [0.15, 0.2) is 0 Å². The van der Waals surface area contributed by atoms with Gasteiger partial charge in [-0.2, -0.15) is 0 Å². The first-order valence-corrected chi connectivity index (χ1v) is 6.36. The van der Waals surface area contributed by atoms with E-state index in [0.29, 0.717) is 12.1 Å². The predicted octanol–water partition coefficient (Wildman–Crippen LogP) is 2.61. The molecule has 4 heteroatoms. The van der Waals surface area contributed by atoms with Crippen LogP contribution in [0.15, 0.2) is 30.6 Å². The van der Waals surface area contributed by atoms with Crippen molar-refractivity contribution in [2.75, 3.05) is 12.4 Å². The third-order valence-electron chi connectivity index (χ3n) is 3.60. The van der Waals surface area contributed by atoms with Gasteiger partial charge in [0.25, 0.3) is 0 Å². The number of fused-ring (bicyclic) bond motifs is 1. The van der Waals surface area contributed by atoms with Crippen LogP contribution in [0.3, 0.4) is 0 Å². The molecule has 2 atom stereocenters. The highest BCUT2D eigenvalue weighted by molar-refractivity contribution is 5.88. The van der Waals surface area contributed by atoms with Gasteiger partial charge in [0.05, 0.1) is 11.6 Å². The molecule has 4 nitrogen and oxygen atoms in total.